The maximum absolute atomic E-state index is 11.4. The standard InChI is InChI=1S/C13H14N2O2/c1-10(16)12-6-4-8-15(12)9-11-5-3-7-14-13(11)17-2/h3-8H,9H2,1-2H3. The number of rotatable bonds is 4. The van der Waals surface area contributed by atoms with E-state index in [-0.39, 0.29) is 5.78 Å². The van der Waals surface area contributed by atoms with E-state index in [2.05, 4.69) is 4.98 Å². The van der Waals surface area contributed by atoms with Gasteiger partial charge in [-0.05, 0) is 18.2 Å². The van der Waals surface area contributed by atoms with Crippen LogP contribution in [0.15, 0.2) is 36.7 Å². The van der Waals surface area contributed by atoms with Gasteiger partial charge in [-0.15, -0.1) is 0 Å². The lowest BCUT2D eigenvalue weighted by Crippen LogP contribution is -2.08. The molecule has 0 spiro atoms. The van der Waals surface area contributed by atoms with Crippen molar-refractivity contribution >= 4 is 5.78 Å². The van der Waals surface area contributed by atoms with Gasteiger partial charge in [-0.25, -0.2) is 4.98 Å². The van der Waals surface area contributed by atoms with Gasteiger partial charge in [-0.3, -0.25) is 4.79 Å². The second-order valence-electron chi connectivity index (χ2n) is 3.75. The van der Waals surface area contributed by atoms with E-state index in [9.17, 15) is 4.79 Å². The summed E-state index contributed by atoms with van der Waals surface area (Å²) in [6.07, 6.45) is 3.56. The van der Waals surface area contributed by atoms with Gasteiger partial charge in [0.25, 0.3) is 0 Å². The molecule has 17 heavy (non-hydrogen) atoms. The van der Waals surface area contributed by atoms with Crippen LogP contribution in [0.3, 0.4) is 0 Å². The quantitative estimate of drug-likeness (QED) is 0.756. The van der Waals surface area contributed by atoms with Crippen molar-refractivity contribution in [2.75, 3.05) is 7.11 Å². The van der Waals surface area contributed by atoms with Gasteiger partial charge in [-0.1, -0.05) is 6.07 Å². The van der Waals surface area contributed by atoms with Gasteiger partial charge in [0, 0.05) is 24.9 Å². The van der Waals surface area contributed by atoms with Crippen LogP contribution in [0.4, 0.5) is 0 Å². The average Bonchev–Trinajstić information content (AvgIpc) is 2.78. The van der Waals surface area contributed by atoms with Crippen LogP contribution in [0.1, 0.15) is 23.0 Å². The molecular weight excluding hydrogens is 216 g/mol. The molecule has 0 aliphatic rings. The van der Waals surface area contributed by atoms with Crippen LogP contribution in [-0.4, -0.2) is 22.4 Å². The molecule has 2 aromatic heterocycles. The summed E-state index contributed by atoms with van der Waals surface area (Å²) >= 11 is 0. The molecule has 0 aliphatic heterocycles. The minimum absolute atomic E-state index is 0.0536. The van der Waals surface area contributed by atoms with Gasteiger partial charge in [0.2, 0.25) is 5.88 Å². The molecule has 2 rings (SSSR count). The Hall–Kier alpha value is -2.10. The van der Waals surface area contributed by atoms with Crippen LogP contribution >= 0.6 is 0 Å². The molecule has 0 aliphatic carbocycles. The first-order valence-corrected chi connectivity index (χ1v) is 5.36. The van der Waals surface area contributed by atoms with E-state index in [1.165, 1.54) is 0 Å². The highest BCUT2D eigenvalue weighted by atomic mass is 16.5. The van der Waals surface area contributed by atoms with Crippen LogP contribution in [0, 0.1) is 0 Å². The summed E-state index contributed by atoms with van der Waals surface area (Å²) in [6.45, 7) is 2.14. The monoisotopic (exact) mass is 230 g/mol. The van der Waals surface area contributed by atoms with Crippen molar-refractivity contribution in [2.24, 2.45) is 0 Å². The Kier molecular flexibility index (Phi) is 3.23. The molecule has 0 bridgehead atoms. The number of Topliss-reactive ketones (excluding diaryl/α,β-unsaturated/α-hetero) is 1. The molecule has 0 radical (unpaired) electrons. The smallest absolute Gasteiger partial charge is 0.218 e. The Morgan fingerprint density at radius 1 is 1.41 bits per heavy atom. The number of carbonyl (C=O) groups is 1. The SMILES string of the molecule is COc1ncccc1Cn1cccc1C(C)=O. The first kappa shape index (κ1) is 11.4. The van der Waals surface area contributed by atoms with Crippen molar-refractivity contribution < 1.29 is 9.53 Å². The fraction of sp³-hybridized carbons (Fsp3) is 0.231. The highest BCUT2D eigenvalue weighted by Crippen LogP contribution is 2.16. The van der Waals surface area contributed by atoms with E-state index in [1.807, 2.05) is 35.0 Å². The third kappa shape index (κ3) is 2.36. The normalized spacial score (nSPS) is 10.2. The first-order chi connectivity index (χ1) is 8.22. The van der Waals surface area contributed by atoms with Gasteiger partial charge in [0.15, 0.2) is 5.78 Å². The lowest BCUT2D eigenvalue weighted by molar-refractivity contribution is 0.100. The fourth-order valence-corrected chi connectivity index (χ4v) is 1.78. The lowest BCUT2D eigenvalue weighted by atomic mass is 10.2. The predicted octanol–water partition coefficient (Wildman–Crippen LogP) is 2.14. The fourth-order valence-electron chi connectivity index (χ4n) is 1.78. The van der Waals surface area contributed by atoms with Crippen molar-refractivity contribution in [2.45, 2.75) is 13.5 Å². The summed E-state index contributed by atoms with van der Waals surface area (Å²) in [4.78, 5) is 15.5. The highest BCUT2D eigenvalue weighted by molar-refractivity contribution is 5.92. The van der Waals surface area contributed by atoms with E-state index in [1.54, 1.807) is 20.2 Å². The Balaban J connectivity index is 2.31. The van der Waals surface area contributed by atoms with E-state index < -0.39 is 0 Å². The van der Waals surface area contributed by atoms with Gasteiger partial charge in [0.1, 0.15) is 0 Å². The van der Waals surface area contributed by atoms with E-state index >= 15 is 0 Å². The number of nitrogens with zero attached hydrogens (tertiary/aromatic N) is 2. The molecule has 2 heterocycles. The maximum atomic E-state index is 11.4. The summed E-state index contributed by atoms with van der Waals surface area (Å²) in [7, 11) is 1.59. The minimum Gasteiger partial charge on any atom is -0.481 e. The zero-order valence-corrected chi connectivity index (χ0v) is 9.88. The molecule has 88 valence electrons. The molecule has 0 N–H and O–H groups in total. The first-order valence-electron chi connectivity index (χ1n) is 5.36. The summed E-state index contributed by atoms with van der Waals surface area (Å²) in [5.74, 6) is 0.647. The summed E-state index contributed by atoms with van der Waals surface area (Å²) in [5, 5.41) is 0. The van der Waals surface area contributed by atoms with Crippen molar-refractivity contribution in [1.82, 2.24) is 9.55 Å². The zero-order chi connectivity index (χ0) is 12.3. The summed E-state index contributed by atoms with van der Waals surface area (Å²) < 4.78 is 7.08. The summed E-state index contributed by atoms with van der Waals surface area (Å²) in [6, 6.07) is 7.47. The van der Waals surface area contributed by atoms with E-state index in [0.29, 0.717) is 18.1 Å². The third-order valence-electron chi connectivity index (χ3n) is 2.57. The molecule has 0 amide bonds. The maximum Gasteiger partial charge on any atom is 0.218 e. The Labute approximate surface area is 99.9 Å². The van der Waals surface area contributed by atoms with Crippen LogP contribution in [-0.2, 0) is 6.54 Å². The molecule has 0 unspecified atom stereocenters. The minimum atomic E-state index is 0.0536. The topological polar surface area (TPSA) is 44.1 Å². The Morgan fingerprint density at radius 3 is 2.94 bits per heavy atom. The van der Waals surface area contributed by atoms with E-state index in [4.69, 9.17) is 4.74 Å². The molecule has 4 heteroatoms. The number of methoxy groups -OCH3 is 1. The van der Waals surface area contributed by atoms with Crippen molar-refractivity contribution in [3.05, 3.63) is 47.9 Å². The van der Waals surface area contributed by atoms with Crippen LogP contribution in [0.2, 0.25) is 0 Å². The summed E-state index contributed by atoms with van der Waals surface area (Å²) in [5.41, 5.74) is 1.64. The molecular formula is C13H14N2O2. The molecule has 0 aromatic carbocycles. The Morgan fingerprint density at radius 2 is 2.24 bits per heavy atom. The Bertz CT molecular complexity index is 532. The van der Waals surface area contributed by atoms with Gasteiger partial charge in [0.05, 0.1) is 19.3 Å². The van der Waals surface area contributed by atoms with Crippen molar-refractivity contribution in [1.29, 1.82) is 0 Å². The number of ketones is 1. The van der Waals surface area contributed by atoms with Gasteiger partial charge >= 0.3 is 0 Å². The second-order valence-corrected chi connectivity index (χ2v) is 3.75. The molecule has 2 aromatic rings. The number of ether oxygens (including phenoxy) is 1. The molecule has 0 atom stereocenters. The van der Waals surface area contributed by atoms with Crippen molar-refractivity contribution in [3.8, 4) is 5.88 Å². The molecule has 0 saturated carbocycles. The highest BCUT2D eigenvalue weighted by Gasteiger charge is 2.09. The van der Waals surface area contributed by atoms with Crippen molar-refractivity contribution in [3.63, 3.8) is 0 Å². The largest absolute Gasteiger partial charge is 0.481 e. The van der Waals surface area contributed by atoms with Crippen LogP contribution in [0.5, 0.6) is 5.88 Å². The average molecular weight is 230 g/mol. The van der Waals surface area contributed by atoms with Crippen LogP contribution < -0.4 is 4.74 Å². The third-order valence-corrected chi connectivity index (χ3v) is 2.57. The molecule has 0 fully saturated rings. The van der Waals surface area contributed by atoms with Crippen LogP contribution in [0.25, 0.3) is 0 Å². The zero-order valence-electron chi connectivity index (χ0n) is 9.88. The number of hydrogen-bond acceptors (Lipinski definition) is 3. The van der Waals surface area contributed by atoms with Gasteiger partial charge in [-0.2, -0.15) is 0 Å². The number of hydrogen-bond donors (Lipinski definition) is 0. The number of aromatic nitrogens is 2. The number of carbonyl (C=O) groups excluding carboxylic acids is 1. The number of pyridine rings is 1. The predicted molar refractivity (Wildman–Crippen MR) is 64.3 cm³/mol. The van der Waals surface area contributed by atoms with Gasteiger partial charge < -0.3 is 9.30 Å². The second kappa shape index (κ2) is 4.82. The molecule has 4 nitrogen and oxygen atoms in total. The van der Waals surface area contributed by atoms with E-state index in [0.717, 1.165) is 5.56 Å². The lowest BCUT2D eigenvalue weighted by Gasteiger charge is -2.09. The molecule has 0 saturated heterocycles.